The lowest BCUT2D eigenvalue weighted by atomic mass is 9.88. The molecule has 3 heteroatoms. The van der Waals surface area contributed by atoms with E-state index in [1.54, 1.807) is 12.1 Å². The van der Waals surface area contributed by atoms with Gasteiger partial charge < -0.3 is 10.4 Å². The summed E-state index contributed by atoms with van der Waals surface area (Å²) in [6.07, 6.45) is 2.20. The zero-order chi connectivity index (χ0) is 18.7. The van der Waals surface area contributed by atoms with Crippen LogP contribution >= 0.6 is 11.8 Å². The second kappa shape index (κ2) is 10.8. The van der Waals surface area contributed by atoms with Crippen molar-refractivity contribution in [1.82, 2.24) is 5.32 Å². The van der Waals surface area contributed by atoms with Crippen molar-refractivity contribution in [3.63, 3.8) is 0 Å². The molecule has 0 radical (unpaired) electrons. The van der Waals surface area contributed by atoms with Crippen molar-refractivity contribution in [2.24, 2.45) is 0 Å². The van der Waals surface area contributed by atoms with Crippen molar-refractivity contribution < 1.29 is 5.11 Å². The highest BCUT2D eigenvalue weighted by atomic mass is 32.2. The van der Waals surface area contributed by atoms with Crippen LogP contribution in [0.3, 0.4) is 0 Å². The molecule has 0 aliphatic heterocycles. The van der Waals surface area contributed by atoms with Crippen molar-refractivity contribution >= 4 is 11.8 Å². The second-order valence-electron chi connectivity index (χ2n) is 6.61. The van der Waals surface area contributed by atoms with Gasteiger partial charge in [0.2, 0.25) is 0 Å². The van der Waals surface area contributed by atoms with Gasteiger partial charge in [0.15, 0.2) is 0 Å². The number of thioether (sulfide) groups is 1. The zero-order valence-electron chi connectivity index (χ0n) is 15.6. The summed E-state index contributed by atoms with van der Waals surface area (Å²) in [4.78, 5) is 1.34. The maximum atomic E-state index is 9.57. The lowest BCUT2D eigenvalue weighted by molar-refractivity contribution is 0.475. The first-order chi connectivity index (χ1) is 13.3. The summed E-state index contributed by atoms with van der Waals surface area (Å²) in [5.74, 6) is 1.80. The van der Waals surface area contributed by atoms with Crippen molar-refractivity contribution in [3.8, 4) is 5.75 Å². The van der Waals surface area contributed by atoms with Gasteiger partial charge >= 0.3 is 0 Å². The van der Waals surface area contributed by atoms with Crippen LogP contribution in [0.1, 0.15) is 29.9 Å². The Kier molecular flexibility index (Phi) is 7.82. The molecule has 1 unspecified atom stereocenters. The molecule has 3 rings (SSSR count). The minimum Gasteiger partial charge on any atom is -0.508 e. The summed E-state index contributed by atoms with van der Waals surface area (Å²) in [5, 5.41) is 13.2. The van der Waals surface area contributed by atoms with Crippen molar-refractivity contribution in [2.75, 3.05) is 18.8 Å². The molecule has 3 aromatic rings. The number of hydrogen-bond donors (Lipinski definition) is 2. The highest BCUT2D eigenvalue weighted by Crippen LogP contribution is 2.28. The molecule has 0 aromatic heterocycles. The van der Waals surface area contributed by atoms with Gasteiger partial charge in [0, 0.05) is 10.8 Å². The van der Waals surface area contributed by atoms with Gasteiger partial charge in [0.25, 0.3) is 0 Å². The van der Waals surface area contributed by atoms with Crippen LogP contribution in [0.25, 0.3) is 0 Å². The summed E-state index contributed by atoms with van der Waals surface area (Å²) in [7, 11) is 0. The van der Waals surface area contributed by atoms with Crippen LogP contribution in [0.4, 0.5) is 0 Å². The first kappa shape index (κ1) is 19.5. The third-order valence-electron chi connectivity index (χ3n) is 4.62. The Morgan fingerprint density at radius 3 is 2.07 bits per heavy atom. The largest absolute Gasteiger partial charge is 0.508 e. The van der Waals surface area contributed by atoms with Gasteiger partial charge in [-0.05, 0) is 67.1 Å². The molecule has 1 atom stereocenters. The number of phenolic OH excluding ortho intramolecular Hbond substituents is 1. The number of nitrogens with one attached hydrogen (secondary N) is 1. The van der Waals surface area contributed by atoms with E-state index in [1.165, 1.54) is 16.0 Å². The molecule has 0 aliphatic rings. The first-order valence-corrected chi connectivity index (χ1v) is 10.5. The third kappa shape index (κ3) is 6.46. The van der Waals surface area contributed by atoms with Crippen LogP contribution in [-0.4, -0.2) is 23.9 Å². The van der Waals surface area contributed by atoms with Crippen LogP contribution in [0.5, 0.6) is 5.75 Å². The van der Waals surface area contributed by atoms with E-state index in [4.69, 9.17) is 0 Å². The van der Waals surface area contributed by atoms with Crippen molar-refractivity contribution in [1.29, 1.82) is 0 Å². The molecule has 0 saturated carbocycles. The normalized spacial score (nSPS) is 12.0. The Balaban J connectivity index is 1.45. The average Bonchev–Trinajstić information content (AvgIpc) is 2.72. The highest BCUT2D eigenvalue weighted by Gasteiger charge is 2.13. The Hall–Kier alpha value is -2.23. The van der Waals surface area contributed by atoms with E-state index in [0.717, 1.165) is 31.7 Å². The quantitative estimate of drug-likeness (QED) is 0.352. The average molecular weight is 378 g/mol. The predicted octanol–water partition coefficient (Wildman–Crippen LogP) is 5.69. The number of phenols is 1. The molecule has 0 bridgehead atoms. The minimum absolute atomic E-state index is 0.319. The maximum Gasteiger partial charge on any atom is 0.115 e. The molecular formula is C24H27NOS. The molecule has 2 N–H and O–H groups in total. The van der Waals surface area contributed by atoms with E-state index in [1.807, 2.05) is 23.9 Å². The molecule has 2 nitrogen and oxygen atoms in total. The predicted molar refractivity (Wildman–Crippen MR) is 116 cm³/mol. The fraction of sp³-hybridized carbons (Fsp3) is 0.250. The fourth-order valence-electron chi connectivity index (χ4n) is 3.19. The van der Waals surface area contributed by atoms with Gasteiger partial charge in [0.1, 0.15) is 5.75 Å². The molecule has 0 spiro atoms. The van der Waals surface area contributed by atoms with Crippen LogP contribution in [0.2, 0.25) is 0 Å². The summed E-state index contributed by atoms with van der Waals surface area (Å²) in [6, 6.07) is 28.8. The Morgan fingerprint density at radius 1 is 0.741 bits per heavy atom. The van der Waals surface area contributed by atoms with Crippen molar-refractivity contribution in [3.05, 3.63) is 96.1 Å². The Labute approximate surface area is 166 Å². The smallest absolute Gasteiger partial charge is 0.115 e. The topological polar surface area (TPSA) is 32.3 Å². The number of hydrogen-bond acceptors (Lipinski definition) is 3. The van der Waals surface area contributed by atoms with E-state index >= 15 is 0 Å². The van der Waals surface area contributed by atoms with Crippen LogP contribution < -0.4 is 5.32 Å². The molecule has 0 fully saturated rings. The molecule has 27 heavy (non-hydrogen) atoms. The van der Waals surface area contributed by atoms with Gasteiger partial charge in [-0.15, -0.1) is 11.8 Å². The molecule has 0 saturated heterocycles. The van der Waals surface area contributed by atoms with E-state index < -0.39 is 0 Å². The second-order valence-corrected chi connectivity index (χ2v) is 7.78. The van der Waals surface area contributed by atoms with E-state index in [2.05, 4.69) is 66.0 Å². The summed E-state index contributed by atoms with van der Waals surface area (Å²) < 4.78 is 0. The fourth-order valence-corrected chi connectivity index (χ4v) is 4.07. The van der Waals surface area contributed by atoms with Gasteiger partial charge in [-0.1, -0.05) is 60.7 Å². The van der Waals surface area contributed by atoms with Gasteiger partial charge in [0.05, 0.1) is 0 Å². The standard InChI is InChI=1S/C24H27NOS/c26-22-14-12-21(13-15-22)24(20-8-3-1-4-9-20)16-18-25-17-7-19-27-23-10-5-2-6-11-23/h1-6,8-15,24-26H,7,16-19H2. The monoisotopic (exact) mass is 377 g/mol. The van der Waals surface area contributed by atoms with E-state index in [-0.39, 0.29) is 0 Å². The summed E-state index contributed by atoms with van der Waals surface area (Å²) in [5.41, 5.74) is 2.57. The molecule has 3 aromatic carbocycles. The third-order valence-corrected chi connectivity index (χ3v) is 5.72. The first-order valence-electron chi connectivity index (χ1n) is 9.55. The van der Waals surface area contributed by atoms with Crippen LogP contribution in [0.15, 0.2) is 89.8 Å². The molecule has 0 heterocycles. The Morgan fingerprint density at radius 2 is 1.37 bits per heavy atom. The lowest BCUT2D eigenvalue weighted by Crippen LogP contribution is -2.19. The molecular weight excluding hydrogens is 350 g/mol. The highest BCUT2D eigenvalue weighted by molar-refractivity contribution is 7.99. The van der Waals surface area contributed by atoms with Crippen molar-refractivity contribution in [2.45, 2.75) is 23.7 Å². The minimum atomic E-state index is 0.319. The summed E-state index contributed by atoms with van der Waals surface area (Å²) in [6.45, 7) is 2.02. The van der Waals surface area contributed by atoms with Gasteiger partial charge in [-0.3, -0.25) is 0 Å². The van der Waals surface area contributed by atoms with Crippen LogP contribution in [-0.2, 0) is 0 Å². The van der Waals surface area contributed by atoms with E-state index in [9.17, 15) is 5.11 Å². The molecule has 140 valence electrons. The van der Waals surface area contributed by atoms with E-state index in [0.29, 0.717) is 11.7 Å². The molecule has 0 amide bonds. The number of rotatable bonds is 10. The maximum absolute atomic E-state index is 9.57. The lowest BCUT2D eigenvalue weighted by Gasteiger charge is -2.18. The van der Waals surface area contributed by atoms with Gasteiger partial charge in [-0.25, -0.2) is 0 Å². The number of aromatic hydroxyl groups is 1. The number of benzene rings is 3. The zero-order valence-corrected chi connectivity index (χ0v) is 16.4. The SMILES string of the molecule is Oc1ccc(C(CCNCCCSc2ccccc2)c2ccccc2)cc1. The Bertz CT molecular complexity index is 774. The van der Waals surface area contributed by atoms with Gasteiger partial charge in [-0.2, -0.15) is 0 Å². The van der Waals surface area contributed by atoms with Crippen LogP contribution in [0, 0.1) is 0 Å². The summed E-state index contributed by atoms with van der Waals surface area (Å²) >= 11 is 1.92. The molecule has 0 aliphatic carbocycles.